The SMILES string of the molecule is Cc1ccc(C(=O)NC(=Cc2ccco2)C(=O)Nc2cccc(Cl)c2C)cc1C. The van der Waals surface area contributed by atoms with E-state index < -0.39 is 5.91 Å². The number of furan rings is 1. The zero-order valence-electron chi connectivity index (χ0n) is 16.4. The van der Waals surface area contributed by atoms with E-state index in [1.807, 2.05) is 26.8 Å². The highest BCUT2D eigenvalue weighted by Gasteiger charge is 2.17. The van der Waals surface area contributed by atoms with E-state index in [1.165, 1.54) is 12.3 Å². The summed E-state index contributed by atoms with van der Waals surface area (Å²) in [5.74, 6) is -0.425. The highest BCUT2D eigenvalue weighted by Crippen LogP contribution is 2.23. The van der Waals surface area contributed by atoms with E-state index >= 15 is 0 Å². The first-order valence-electron chi connectivity index (χ1n) is 9.05. The molecule has 29 heavy (non-hydrogen) atoms. The molecule has 0 fully saturated rings. The van der Waals surface area contributed by atoms with E-state index in [0.717, 1.165) is 16.7 Å². The molecule has 0 saturated carbocycles. The number of benzene rings is 2. The molecule has 6 heteroatoms. The van der Waals surface area contributed by atoms with Gasteiger partial charge in [-0.15, -0.1) is 0 Å². The third-order valence-electron chi connectivity index (χ3n) is 4.61. The summed E-state index contributed by atoms with van der Waals surface area (Å²) in [5, 5.41) is 6.02. The molecule has 0 aliphatic carbocycles. The second-order valence-corrected chi connectivity index (χ2v) is 7.10. The number of carbonyl (C=O) groups is 2. The van der Waals surface area contributed by atoms with Gasteiger partial charge in [-0.3, -0.25) is 9.59 Å². The van der Waals surface area contributed by atoms with Gasteiger partial charge in [-0.05, 0) is 73.9 Å². The number of rotatable bonds is 5. The summed E-state index contributed by atoms with van der Waals surface area (Å²) < 4.78 is 5.30. The molecule has 0 aliphatic rings. The van der Waals surface area contributed by atoms with E-state index in [0.29, 0.717) is 22.0 Å². The van der Waals surface area contributed by atoms with Crippen molar-refractivity contribution in [3.05, 3.63) is 93.5 Å². The Morgan fingerprint density at radius 2 is 1.79 bits per heavy atom. The Balaban J connectivity index is 1.88. The van der Waals surface area contributed by atoms with E-state index in [9.17, 15) is 9.59 Å². The Kier molecular flexibility index (Phi) is 6.20. The zero-order valence-corrected chi connectivity index (χ0v) is 17.1. The maximum absolute atomic E-state index is 12.9. The molecule has 2 N–H and O–H groups in total. The standard InChI is InChI=1S/C23H21ClN2O3/c1-14-9-10-17(12-15(14)2)22(27)26-21(13-18-6-5-11-29-18)23(28)25-20-8-4-7-19(24)16(20)3/h4-13H,1-3H3,(H,25,28)(H,26,27). The van der Waals surface area contributed by atoms with Crippen LogP contribution in [0.3, 0.4) is 0 Å². The Bertz CT molecular complexity index is 1090. The molecule has 0 radical (unpaired) electrons. The van der Waals surface area contributed by atoms with Crippen molar-refractivity contribution in [1.29, 1.82) is 0 Å². The van der Waals surface area contributed by atoms with Gasteiger partial charge < -0.3 is 15.1 Å². The monoisotopic (exact) mass is 408 g/mol. The smallest absolute Gasteiger partial charge is 0.272 e. The number of nitrogens with one attached hydrogen (secondary N) is 2. The summed E-state index contributed by atoms with van der Waals surface area (Å²) in [5.41, 5.74) is 3.90. The van der Waals surface area contributed by atoms with Crippen molar-refractivity contribution in [2.24, 2.45) is 0 Å². The lowest BCUT2D eigenvalue weighted by atomic mass is 10.1. The molecule has 0 saturated heterocycles. The van der Waals surface area contributed by atoms with Gasteiger partial charge in [0.15, 0.2) is 0 Å². The van der Waals surface area contributed by atoms with Crippen molar-refractivity contribution in [2.45, 2.75) is 20.8 Å². The van der Waals surface area contributed by atoms with Gasteiger partial charge in [0.2, 0.25) is 0 Å². The number of carbonyl (C=O) groups excluding carboxylic acids is 2. The fourth-order valence-corrected chi connectivity index (χ4v) is 2.86. The van der Waals surface area contributed by atoms with E-state index in [2.05, 4.69) is 10.6 Å². The highest BCUT2D eigenvalue weighted by molar-refractivity contribution is 6.31. The lowest BCUT2D eigenvalue weighted by Gasteiger charge is -2.13. The lowest BCUT2D eigenvalue weighted by Crippen LogP contribution is -2.31. The van der Waals surface area contributed by atoms with Crippen LogP contribution < -0.4 is 10.6 Å². The molecule has 0 unspecified atom stereocenters. The average Bonchev–Trinajstić information content (AvgIpc) is 3.20. The summed E-state index contributed by atoms with van der Waals surface area (Å²) in [6.45, 7) is 5.71. The van der Waals surface area contributed by atoms with Gasteiger partial charge in [0.1, 0.15) is 11.5 Å². The van der Waals surface area contributed by atoms with Crippen LogP contribution in [-0.4, -0.2) is 11.8 Å². The molecule has 3 aromatic rings. The highest BCUT2D eigenvalue weighted by atomic mass is 35.5. The first-order valence-corrected chi connectivity index (χ1v) is 9.43. The van der Waals surface area contributed by atoms with Crippen molar-refractivity contribution < 1.29 is 14.0 Å². The van der Waals surface area contributed by atoms with Crippen LogP contribution in [0.25, 0.3) is 6.08 Å². The van der Waals surface area contributed by atoms with Gasteiger partial charge in [0.05, 0.1) is 6.26 Å². The number of hydrogen-bond donors (Lipinski definition) is 2. The molecule has 3 rings (SSSR count). The van der Waals surface area contributed by atoms with Gasteiger partial charge in [-0.2, -0.15) is 0 Å². The van der Waals surface area contributed by atoms with Crippen LogP contribution in [0.1, 0.15) is 32.8 Å². The van der Waals surface area contributed by atoms with Gasteiger partial charge in [-0.1, -0.05) is 23.7 Å². The Labute approximate surface area is 174 Å². The van der Waals surface area contributed by atoms with Gasteiger partial charge >= 0.3 is 0 Å². The summed E-state index contributed by atoms with van der Waals surface area (Å²) in [4.78, 5) is 25.7. The van der Waals surface area contributed by atoms with Gasteiger partial charge in [-0.25, -0.2) is 0 Å². The molecule has 148 valence electrons. The molecule has 0 spiro atoms. The number of aryl methyl sites for hydroxylation is 2. The Morgan fingerprint density at radius 3 is 2.48 bits per heavy atom. The molecule has 2 amide bonds. The molecule has 0 atom stereocenters. The largest absolute Gasteiger partial charge is 0.465 e. The van der Waals surface area contributed by atoms with Crippen LogP contribution in [0, 0.1) is 20.8 Å². The van der Waals surface area contributed by atoms with Crippen LogP contribution >= 0.6 is 11.6 Å². The fraction of sp³-hybridized carbons (Fsp3) is 0.130. The van der Waals surface area contributed by atoms with Gasteiger partial charge in [0, 0.05) is 22.3 Å². The van der Waals surface area contributed by atoms with Gasteiger partial charge in [0.25, 0.3) is 11.8 Å². The van der Waals surface area contributed by atoms with Crippen molar-refractivity contribution in [1.82, 2.24) is 5.32 Å². The Morgan fingerprint density at radius 1 is 1.00 bits per heavy atom. The van der Waals surface area contributed by atoms with Crippen molar-refractivity contribution in [2.75, 3.05) is 5.32 Å². The number of halogens is 1. The van der Waals surface area contributed by atoms with Crippen LogP contribution in [0.2, 0.25) is 5.02 Å². The molecular formula is C23H21ClN2O3. The first kappa shape index (κ1) is 20.4. The predicted octanol–water partition coefficient (Wildman–Crippen LogP) is 5.27. The molecule has 0 bridgehead atoms. The number of amides is 2. The molecule has 2 aromatic carbocycles. The number of anilines is 1. The summed E-state index contributed by atoms with van der Waals surface area (Å²) in [7, 11) is 0. The topological polar surface area (TPSA) is 71.3 Å². The average molecular weight is 409 g/mol. The summed E-state index contributed by atoms with van der Waals surface area (Å²) >= 11 is 6.13. The lowest BCUT2D eigenvalue weighted by molar-refractivity contribution is -0.113. The minimum absolute atomic E-state index is 0.0579. The first-order chi connectivity index (χ1) is 13.8. The van der Waals surface area contributed by atoms with Crippen molar-refractivity contribution in [3.8, 4) is 0 Å². The van der Waals surface area contributed by atoms with Crippen LogP contribution in [-0.2, 0) is 4.79 Å². The molecule has 1 aromatic heterocycles. The minimum atomic E-state index is -0.482. The maximum Gasteiger partial charge on any atom is 0.272 e. The fourth-order valence-electron chi connectivity index (χ4n) is 2.68. The quantitative estimate of drug-likeness (QED) is 0.565. The maximum atomic E-state index is 12.9. The second-order valence-electron chi connectivity index (χ2n) is 6.69. The predicted molar refractivity (Wildman–Crippen MR) is 115 cm³/mol. The van der Waals surface area contributed by atoms with Crippen LogP contribution in [0.5, 0.6) is 0 Å². The summed E-state index contributed by atoms with van der Waals surface area (Å²) in [6, 6.07) is 14.0. The third kappa shape index (κ3) is 4.95. The number of hydrogen-bond acceptors (Lipinski definition) is 3. The summed E-state index contributed by atoms with van der Waals surface area (Å²) in [6.07, 6.45) is 2.97. The normalized spacial score (nSPS) is 11.2. The Hall–Kier alpha value is -3.31. The molecule has 1 heterocycles. The molecule has 0 aliphatic heterocycles. The molecular weight excluding hydrogens is 388 g/mol. The van der Waals surface area contributed by atoms with E-state index in [4.69, 9.17) is 16.0 Å². The van der Waals surface area contributed by atoms with Crippen LogP contribution in [0.15, 0.2) is 64.9 Å². The zero-order chi connectivity index (χ0) is 21.0. The molecule has 5 nitrogen and oxygen atoms in total. The second kappa shape index (κ2) is 8.80. The van der Waals surface area contributed by atoms with Crippen LogP contribution in [0.4, 0.5) is 5.69 Å². The van der Waals surface area contributed by atoms with Crippen molar-refractivity contribution >= 4 is 35.2 Å². The minimum Gasteiger partial charge on any atom is -0.465 e. The van der Waals surface area contributed by atoms with Crippen molar-refractivity contribution in [3.63, 3.8) is 0 Å². The third-order valence-corrected chi connectivity index (χ3v) is 5.02. The van der Waals surface area contributed by atoms with E-state index in [1.54, 1.807) is 42.5 Å². The van der Waals surface area contributed by atoms with E-state index in [-0.39, 0.29) is 11.6 Å².